The van der Waals surface area contributed by atoms with E-state index in [4.69, 9.17) is 11.6 Å². The summed E-state index contributed by atoms with van der Waals surface area (Å²) in [4.78, 5) is 24.3. The van der Waals surface area contributed by atoms with Crippen molar-refractivity contribution in [2.24, 2.45) is 5.92 Å². The van der Waals surface area contributed by atoms with Crippen molar-refractivity contribution >= 4 is 23.4 Å². The fourth-order valence-corrected chi connectivity index (χ4v) is 4.00. The topological polar surface area (TPSA) is 86.6 Å². The fraction of sp³-hybridized carbons (Fsp3) is 0.364. The molecule has 1 unspecified atom stereocenters. The standard InChI is InChI=1S/C22H23ClFNO4/c1-22(29,15-6-8-25-9-7-15)16-10-14(11-19(26)27)20(18(24)12-16)21(28)13-2-4-17(23)5-3-13/h2-5,10,12,15,25,29H,6-9,11H2,1H3,(H,26,27). The monoisotopic (exact) mass is 419 g/mol. The number of ketones is 1. The van der Waals surface area contributed by atoms with Crippen LogP contribution in [0.2, 0.25) is 5.02 Å². The number of benzene rings is 2. The number of carboxylic acid groups (broad SMARTS) is 1. The van der Waals surface area contributed by atoms with Crippen LogP contribution >= 0.6 is 11.6 Å². The number of carboxylic acids is 1. The molecule has 1 aliphatic rings. The smallest absolute Gasteiger partial charge is 0.307 e. The molecular formula is C22H23ClFNO4. The van der Waals surface area contributed by atoms with Gasteiger partial charge in [0.05, 0.1) is 17.6 Å². The summed E-state index contributed by atoms with van der Waals surface area (Å²) in [6.45, 7) is 3.11. The van der Waals surface area contributed by atoms with Gasteiger partial charge in [-0.15, -0.1) is 0 Å². The summed E-state index contributed by atoms with van der Waals surface area (Å²) in [5.41, 5.74) is -1.09. The number of nitrogens with one attached hydrogen (secondary N) is 1. The lowest BCUT2D eigenvalue weighted by molar-refractivity contribution is -0.136. The van der Waals surface area contributed by atoms with E-state index in [1.54, 1.807) is 6.92 Å². The second kappa shape index (κ2) is 8.61. The zero-order chi connectivity index (χ0) is 21.2. The van der Waals surface area contributed by atoms with E-state index in [0.29, 0.717) is 17.9 Å². The van der Waals surface area contributed by atoms with E-state index in [2.05, 4.69) is 5.32 Å². The Morgan fingerprint density at radius 2 is 1.83 bits per heavy atom. The van der Waals surface area contributed by atoms with E-state index < -0.39 is 29.6 Å². The third kappa shape index (κ3) is 4.66. The molecular weight excluding hydrogens is 397 g/mol. The van der Waals surface area contributed by atoms with Crippen molar-refractivity contribution in [3.05, 3.63) is 69.5 Å². The minimum atomic E-state index is -1.34. The lowest BCUT2D eigenvalue weighted by Gasteiger charge is -2.36. The van der Waals surface area contributed by atoms with Crippen molar-refractivity contribution in [2.75, 3.05) is 13.1 Å². The van der Waals surface area contributed by atoms with Gasteiger partial charge in [0.25, 0.3) is 0 Å². The predicted molar refractivity (Wildman–Crippen MR) is 108 cm³/mol. The molecule has 5 nitrogen and oxygen atoms in total. The maximum Gasteiger partial charge on any atom is 0.307 e. The van der Waals surface area contributed by atoms with Crippen molar-refractivity contribution < 1.29 is 24.2 Å². The SMILES string of the molecule is CC(O)(c1cc(F)c(C(=O)c2ccc(Cl)cc2)c(CC(=O)O)c1)C1CCNCC1. The van der Waals surface area contributed by atoms with Gasteiger partial charge < -0.3 is 15.5 Å². The van der Waals surface area contributed by atoms with Crippen LogP contribution in [0.5, 0.6) is 0 Å². The number of rotatable bonds is 6. The Hall–Kier alpha value is -2.28. The van der Waals surface area contributed by atoms with Crippen LogP contribution in [0.25, 0.3) is 0 Å². The normalized spacial score (nSPS) is 17.0. The molecule has 1 atom stereocenters. The molecule has 2 aromatic carbocycles. The third-order valence-electron chi connectivity index (χ3n) is 5.57. The fourth-order valence-electron chi connectivity index (χ4n) is 3.88. The molecule has 0 amide bonds. The Kier molecular flexibility index (Phi) is 6.36. The van der Waals surface area contributed by atoms with Gasteiger partial charge in [-0.25, -0.2) is 4.39 Å². The van der Waals surface area contributed by atoms with Gasteiger partial charge in [0.2, 0.25) is 0 Å². The Balaban J connectivity index is 2.06. The summed E-state index contributed by atoms with van der Waals surface area (Å²) in [7, 11) is 0. The first kappa shape index (κ1) is 21.4. The number of aliphatic carboxylic acids is 1. The van der Waals surface area contributed by atoms with Crippen LogP contribution in [0.3, 0.4) is 0 Å². The molecule has 1 aliphatic heterocycles. The molecule has 2 aromatic rings. The molecule has 1 saturated heterocycles. The van der Waals surface area contributed by atoms with Gasteiger partial charge in [0.15, 0.2) is 5.78 Å². The van der Waals surface area contributed by atoms with Gasteiger partial charge >= 0.3 is 5.97 Å². The minimum Gasteiger partial charge on any atom is -0.481 e. The predicted octanol–water partition coefficient (Wildman–Crippen LogP) is 3.54. The highest BCUT2D eigenvalue weighted by Gasteiger charge is 2.36. The van der Waals surface area contributed by atoms with Gasteiger partial charge in [-0.05, 0) is 80.2 Å². The average Bonchev–Trinajstić information content (AvgIpc) is 2.68. The summed E-state index contributed by atoms with van der Waals surface area (Å²) in [5.74, 6) is -2.75. The summed E-state index contributed by atoms with van der Waals surface area (Å²) in [6.07, 6.45) is 0.907. The lowest BCUT2D eigenvalue weighted by atomic mass is 9.76. The second-order valence-corrected chi connectivity index (χ2v) is 8.01. The zero-order valence-electron chi connectivity index (χ0n) is 16.0. The Morgan fingerprint density at radius 3 is 2.41 bits per heavy atom. The third-order valence-corrected chi connectivity index (χ3v) is 5.82. The molecule has 0 radical (unpaired) electrons. The van der Waals surface area contributed by atoms with E-state index in [1.165, 1.54) is 30.3 Å². The van der Waals surface area contributed by atoms with E-state index >= 15 is 4.39 Å². The first-order valence-corrected chi connectivity index (χ1v) is 9.86. The highest BCUT2D eigenvalue weighted by molar-refractivity contribution is 6.30. The van der Waals surface area contributed by atoms with E-state index in [-0.39, 0.29) is 28.2 Å². The number of aliphatic hydroxyl groups is 1. The number of carbonyl (C=O) groups excluding carboxylic acids is 1. The van der Waals surface area contributed by atoms with Gasteiger partial charge in [-0.2, -0.15) is 0 Å². The molecule has 0 aromatic heterocycles. The summed E-state index contributed by atoms with van der Waals surface area (Å²) >= 11 is 5.84. The number of hydrogen-bond donors (Lipinski definition) is 3. The average molecular weight is 420 g/mol. The summed E-state index contributed by atoms with van der Waals surface area (Å²) in [5, 5.41) is 24.1. The molecule has 3 N–H and O–H groups in total. The maximum absolute atomic E-state index is 15.1. The number of piperidine rings is 1. The maximum atomic E-state index is 15.1. The molecule has 1 heterocycles. The van der Waals surface area contributed by atoms with Gasteiger partial charge in [0, 0.05) is 10.6 Å². The van der Waals surface area contributed by atoms with Crippen molar-refractivity contribution in [3.8, 4) is 0 Å². The number of halogens is 2. The van der Waals surface area contributed by atoms with E-state index in [1.807, 2.05) is 0 Å². The van der Waals surface area contributed by atoms with Crippen LogP contribution in [-0.2, 0) is 16.8 Å². The summed E-state index contributed by atoms with van der Waals surface area (Å²) < 4.78 is 15.1. The Morgan fingerprint density at radius 1 is 1.21 bits per heavy atom. The largest absolute Gasteiger partial charge is 0.481 e. The number of hydrogen-bond acceptors (Lipinski definition) is 4. The van der Waals surface area contributed by atoms with Crippen LogP contribution < -0.4 is 5.32 Å². The lowest BCUT2D eigenvalue weighted by Crippen LogP contribution is -2.40. The molecule has 1 fully saturated rings. The quantitative estimate of drug-likeness (QED) is 0.623. The highest BCUT2D eigenvalue weighted by atomic mass is 35.5. The van der Waals surface area contributed by atoms with E-state index in [0.717, 1.165) is 19.2 Å². The van der Waals surface area contributed by atoms with Crippen molar-refractivity contribution in [3.63, 3.8) is 0 Å². The van der Waals surface area contributed by atoms with Crippen molar-refractivity contribution in [2.45, 2.75) is 31.8 Å². The van der Waals surface area contributed by atoms with Crippen LogP contribution in [0, 0.1) is 11.7 Å². The van der Waals surface area contributed by atoms with Crippen LogP contribution in [0.15, 0.2) is 36.4 Å². The van der Waals surface area contributed by atoms with Gasteiger partial charge in [-0.1, -0.05) is 17.7 Å². The molecule has 7 heteroatoms. The molecule has 29 heavy (non-hydrogen) atoms. The molecule has 0 spiro atoms. The highest BCUT2D eigenvalue weighted by Crippen LogP contribution is 2.37. The van der Waals surface area contributed by atoms with Crippen molar-refractivity contribution in [1.29, 1.82) is 0 Å². The van der Waals surface area contributed by atoms with Crippen LogP contribution in [-0.4, -0.2) is 35.1 Å². The Labute approximate surface area is 173 Å². The first-order valence-electron chi connectivity index (χ1n) is 9.48. The molecule has 154 valence electrons. The Bertz CT molecular complexity index is 921. The molecule has 0 bridgehead atoms. The van der Waals surface area contributed by atoms with Gasteiger partial charge in [0.1, 0.15) is 5.82 Å². The molecule has 0 saturated carbocycles. The summed E-state index contributed by atoms with van der Waals surface area (Å²) in [6, 6.07) is 8.56. The van der Waals surface area contributed by atoms with E-state index in [9.17, 15) is 19.8 Å². The number of carbonyl (C=O) groups is 2. The van der Waals surface area contributed by atoms with Crippen LogP contribution in [0.4, 0.5) is 4.39 Å². The second-order valence-electron chi connectivity index (χ2n) is 7.57. The van der Waals surface area contributed by atoms with Crippen molar-refractivity contribution in [1.82, 2.24) is 5.32 Å². The zero-order valence-corrected chi connectivity index (χ0v) is 16.8. The minimum absolute atomic E-state index is 0.0432. The molecule has 0 aliphatic carbocycles. The van der Waals surface area contributed by atoms with Crippen LogP contribution in [0.1, 0.15) is 46.8 Å². The first-order chi connectivity index (χ1) is 13.7. The molecule has 3 rings (SSSR count). The van der Waals surface area contributed by atoms with Gasteiger partial charge in [-0.3, -0.25) is 9.59 Å².